The van der Waals surface area contributed by atoms with E-state index in [1.54, 1.807) is 0 Å². The van der Waals surface area contributed by atoms with Crippen molar-refractivity contribution < 1.29 is 14.7 Å². The number of rotatable bonds is 5. The molecule has 1 fully saturated rings. The van der Waals surface area contributed by atoms with Gasteiger partial charge in [0.05, 0.1) is 13.1 Å². The van der Waals surface area contributed by atoms with Gasteiger partial charge in [0, 0.05) is 19.1 Å². The maximum Gasteiger partial charge on any atom is 0.248 e. The van der Waals surface area contributed by atoms with Gasteiger partial charge in [-0.05, 0) is 12.8 Å². The Morgan fingerprint density at radius 1 is 1.41 bits per heavy atom. The molecule has 0 aromatic carbocycles. The SMILES string of the molecule is NC(=O)C(O)CNC(=O)CN1CCC(N)CC1. The maximum atomic E-state index is 11.5. The van der Waals surface area contributed by atoms with E-state index in [0.29, 0.717) is 0 Å². The Kier molecular flexibility index (Phi) is 5.33. The van der Waals surface area contributed by atoms with Crippen LogP contribution in [0.1, 0.15) is 12.8 Å². The third kappa shape index (κ3) is 5.12. The summed E-state index contributed by atoms with van der Waals surface area (Å²) in [7, 11) is 0. The highest BCUT2D eigenvalue weighted by Crippen LogP contribution is 2.07. The Hall–Kier alpha value is -1.18. The van der Waals surface area contributed by atoms with Crippen molar-refractivity contribution >= 4 is 11.8 Å². The standard InChI is InChI=1S/C10H20N4O3/c11-7-1-3-14(4-2-7)6-9(16)13-5-8(15)10(12)17/h7-8,15H,1-6,11H2,(H2,12,17)(H,13,16). The van der Waals surface area contributed by atoms with Gasteiger partial charge in [-0.1, -0.05) is 0 Å². The molecule has 1 heterocycles. The lowest BCUT2D eigenvalue weighted by Gasteiger charge is -2.29. The molecule has 1 aliphatic heterocycles. The second-order valence-electron chi connectivity index (χ2n) is 4.34. The molecule has 1 rings (SSSR count). The highest BCUT2D eigenvalue weighted by Gasteiger charge is 2.19. The van der Waals surface area contributed by atoms with Crippen LogP contribution in [-0.2, 0) is 9.59 Å². The van der Waals surface area contributed by atoms with Gasteiger partial charge in [0.1, 0.15) is 6.10 Å². The molecule has 1 saturated heterocycles. The Morgan fingerprint density at radius 3 is 2.53 bits per heavy atom. The van der Waals surface area contributed by atoms with E-state index in [9.17, 15) is 9.59 Å². The number of piperidine rings is 1. The van der Waals surface area contributed by atoms with E-state index in [-0.39, 0.29) is 25.0 Å². The smallest absolute Gasteiger partial charge is 0.248 e. The molecule has 0 saturated carbocycles. The van der Waals surface area contributed by atoms with Crippen LogP contribution in [0.4, 0.5) is 0 Å². The number of nitrogens with two attached hydrogens (primary N) is 2. The minimum atomic E-state index is -1.33. The van der Waals surface area contributed by atoms with Crippen molar-refractivity contribution in [3.05, 3.63) is 0 Å². The summed E-state index contributed by atoms with van der Waals surface area (Å²) in [5, 5.41) is 11.6. The predicted octanol–water partition coefficient (Wildman–Crippen LogP) is -2.63. The van der Waals surface area contributed by atoms with Crippen LogP contribution in [0.2, 0.25) is 0 Å². The third-order valence-corrected chi connectivity index (χ3v) is 2.82. The zero-order valence-electron chi connectivity index (χ0n) is 9.76. The van der Waals surface area contributed by atoms with Crippen LogP contribution in [0.15, 0.2) is 0 Å². The van der Waals surface area contributed by atoms with Gasteiger partial charge < -0.3 is 21.9 Å². The molecule has 6 N–H and O–H groups in total. The zero-order valence-corrected chi connectivity index (χ0v) is 9.76. The molecule has 0 aromatic heterocycles. The van der Waals surface area contributed by atoms with Gasteiger partial charge in [0.15, 0.2) is 0 Å². The molecule has 98 valence electrons. The van der Waals surface area contributed by atoms with E-state index in [2.05, 4.69) is 5.32 Å². The van der Waals surface area contributed by atoms with Gasteiger partial charge in [-0.15, -0.1) is 0 Å². The molecule has 1 unspecified atom stereocenters. The third-order valence-electron chi connectivity index (χ3n) is 2.82. The molecule has 0 bridgehead atoms. The molecule has 7 nitrogen and oxygen atoms in total. The summed E-state index contributed by atoms with van der Waals surface area (Å²) in [6.45, 7) is 1.72. The first-order valence-corrected chi connectivity index (χ1v) is 5.71. The average molecular weight is 244 g/mol. The Morgan fingerprint density at radius 2 is 2.00 bits per heavy atom. The minimum Gasteiger partial charge on any atom is -0.381 e. The number of hydrogen-bond acceptors (Lipinski definition) is 5. The molecular weight excluding hydrogens is 224 g/mol. The number of carbonyl (C=O) groups is 2. The lowest BCUT2D eigenvalue weighted by atomic mass is 10.1. The van der Waals surface area contributed by atoms with E-state index < -0.39 is 12.0 Å². The summed E-state index contributed by atoms with van der Waals surface area (Å²) in [4.78, 5) is 24.0. The number of nitrogens with zero attached hydrogens (tertiary/aromatic N) is 1. The number of aliphatic hydroxyl groups excluding tert-OH is 1. The Bertz CT molecular complexity index is 277. The van der Waals surface area contributed by atoms with Gasteiger partial charge in [-0.3, -0.25) is 14.5 Å². The first-order valence-electron chi connectivity index (χ1n) is 5.71. The van der Waals surface area contributed by atoms with Crippen molar-refractivity contribution in [1.29, 1.82) is 0 Å². The molecule has 0 aromatic rings. The first-order chi connectivity index (χ1) is 7.99. The zero-order chi connectivity index (χ0) is 12.8. The summed E-state index contributed by atoms with van der Waals surface area (Å²) >= 11 is 0. The van der Waals surface area contributed by atoms with E-state index >= 15 is 0 Å². The normalized spacial score (nSPS) is 19.9. The number of primary amides is 1. The average Bonchev–Trinajstić information content (AvgIpc) is 2.29. The molecule has 0 radical (unpaired) electrons. The monoisotopic (exact) mass is 244 g/mol. The lowest BCUT2D eigenvalue weighted by molar-refractivity contribution is -0.127. The van der Waals surface area contributed by atoms with Crippen LogP contribution >= 0.6 is 0 Å². The summed E-state index contributed by atoms with van der Waals surface area (Å²) in [5.74, 6) is -1.06. The molecule has 17 heavy (non-hydrogen) atoms. The van der Waals surface area contributed by atoms with Crippen LogP contribution in [0.3, 0.4) is 0 Å². The number of carbonyl (C=O) groups excluding carboxylic acids is 2. The number of amides is 2. The van der Waals surface area contributed by atoms with Crippen molar-refractivity contribution in [1.82, 2.24) is 10.2 Å². The molecule has 1 aliphatic rings. The molecule has 0 spiro atoms. The van der Waals surface area contributed by atoms with Crippen LogP contribution < -0.4 is 16.8 Å². The van der Waals surface area contributed by atoms with E-state index in [1.165, 1.54) is 0 Å². The summed E-state index contributed by atoms with van der Waals surface area (Å²) in [6.07, 6.45) is 0.447. The minimum absolute atomic E-state index is 0.137. The second kappa shape index (κ2) is 6.53. The van der Waals surface area contributed by atoms with Gasteiger partial charge in [-0.25, -0.2) is 0 Å². The lowest BCUT2D eigenvalue weighted by Crippen LogP contribution is -2.47. The molecular formula is C10H20N4O3. The highest BCUT2D eigenvalue weighted by molar-refractivity contribution is 5.81. The topological polar surface area (TPSA) is 122 Å². The molecule has 2 amide bonds. The quantitative estimate of drug-likeness (QED) is 0.421. The summed E-state index contributed by atoms with van der Waals surface area (Å²) in [5.41, 5.74) is 10.6. The van der Waals surface area contributed by atoms with Crippen molar-refractivity contribution in [3.8, 4) is 0 Å². The van der Waals surface area contributed by atoms with Crippen molar-refractivity contribution in [2.75, 3.05) is 26.2 Å². The predicted molar refractivity (Wildman–Crippen MR) is 61.9 cm³/mol. The molecule has 7 heteroatoms. The summed E-state index contributed by atoms with van der Waals surface area (Å²) in [6, 6.07) is 0.228. The van der Waals surface area contributed by atoms with Crippen LogP contribution in [0.25, 0.3) is 0 Å². The van der Waals surface area contributed by atoms with Crippen molar-refractivity contribution in [2.24, 2.45) is 11.5 Å². The Balaban J connectivity index is 2.19. The van der Waals surface area contributed by atoms with Gasteiger partial charge >= 0.3 is 0 Å². The molecule has 1 atom stereocenters. The number of aliphatic hydroxyl groups is 1. The fraction of sp³-hybridized carbons (Fsp3) is 0.800. The Labute approximate surface area is 100 Å². The number of hydrogen-bond donors (Lipinski definition) is 4. The van der Waals surface area contributed by atoms with Crippen LogP contribution in [0, 0.1) is 0 Å². The van der Waals surface area contributed by atoms with Gasteiger partial charge in [-0.2, -0.15) is 0 Å². The van der Waals surface area contributed by atoms with E-state index in [4.69, 9.17) is 16.6 Å². The fourth-order valence-corrected chi connectivity index (χ4v) is 1.68. The molecule has 0 aliphatic carbocycles. The number of nitrogens with one attached hydrogen (secondary N) is 1. The van der Waals surface area contributed by atoms with Crippen molar-refractivity contribution in [3.63, 3.8) is 0 Å². The van der Waals surface area contributed by atoms with Gasteiger partial charge in [0.2, 0.25) is 11.8 Å². The fourth-order valence-electron chi connectivity index (χ4n) is 1.68. The summed E-state index contributed by atoms with van der Waals surface area (Å²) < 4.78 is 0. The highest BCUT2D eigenvalue weighted by atomic mass is 16.3. The van der Waals surface area contributed by atoms with Gasteiger partial charge in [0.25, 0.3) is 0 Å². The number of likely N-dealkylation sites (tertiary alicyclic amines) is 1. The largest absolute Gasteiger partial charge is 0.381 e. The van der Waals surface area contributed by atoms with E-state index in [1.807, 2.05) is 4.90 Å². The second-order valence-corrected chi connectivity index (χ2v) is 4.34. The van der Waals surface area contributed by atoms with E-state index in [0.717, 1.165) is 25.9 Å². The van der Waals surface area contributed by atoms with Crippen LogP contribution in [0.5, 0.6) is 0 Å². The first kappa shape index (κ1) is 13.9. The van der Waals surface area contributed by atoms with Crippen LogP contribution in [-0.4, -0.2) is 60.1 Å². The van der Waals surface area contributed by atoms with Crippen molar-refractivity contribution in [2.45, 2.75) is 25.0 Å². The maximum absolute atomic E-state index is 11.5.